The minimum Gasteiger partial charge on any atom is -0.355 e. The Morgan fingerprint density at radius 1 is 1.28 bits per heavy atom. The molecule has 1 aliphatic rings. The fourth-order valence-electron chi connectivity index (χ4n) is 2.42. The van der Waals surface area contributed by atoms with Gasteiger partial charge in [-0.05, 0) is 43.9 Å². The Kier molecular flexibility index (Phi) is 9.37. The Labute approximate surface area is 160 Å². The SMILES string of the molecule is CCN(CC)S(=O)(=O)c1ccc(CCNC(=O)CNCC2CC2)s1.Cl. The molecule has 144 valence electrons. The van der Waals surface area contributed by atoms with E-state index in [4.69, 9.17) is 0 Å². The third-order valence-electron chi connectivity index (χ3n) is 4.05. The van der Waals surface area contributed by atoms with Gasteiger partial charge in [0, 0.05) is 24.5 Å². The lowest BCUT2D eigenvalue weighted by Crippen LogP contribution is -2.35. The van der Waals surface area contributed by atoms with Crippen molar-refractivity contribution in [1.82, 2.24) is 14.9 Å². The van der Waals surface area contributed by atoms with Crippen LogP contribution in [0, 0.1) is 5.92 Å². The van der Waals surface area contributed by atoms with Gasteiger partial charge in [0.05, 0.1) is 6.54 Å². The first kappa shape index (κ1) is 22.4. The molecule has 0 aliphatic heterocycles. The van der Waals surface area contributed by atoms with Crippen molar-refractivity contribution in [3.05, 3.63) is 17.0 Å². The quantitative estimate of drug-likeness (QED) is 0.584. The molecule has 1 fully saturated rings. The molecule has 2 N–H and O–H groups in total. The maximum absolute atomic E-state index is 12.4. The predicted molar refractivity (Wildman–Crippen MR) is 104 cm³/mol. The number of hydrogen-bond donors (Lipinski definition) is 2. The van der Waals surface area contributed by atoms with Crippen molar-refractivity contribution in [3.63, 3.8) is 0 Å². The van der Waals surface area contributed by atoms with Crippen LogP contribution in [-0.2, 0) is 21.2 Å². The van der Waals surface area contributed by atoms with Gasteiger partial charge in [0.25, 0.3) is 10.0 Å². The van der Waals surface area contributed by atoms with Crippen LogP contribution in [0.1, 0.15) is 31.6 Å². The third-order valence-corrected chi connectivity index (χ3v) is 7.71. The molecule has 0 atom stereocenters. The highest BCUT2D eigenvalue weighted by Crippen LogP contribution is 2.27. The van der Waals surface area contributed by atoms with Crippen LogP contribution in [0.2, 0.25) is 0 Å². The maximum Gasteiger partial charge on any atom is 0.252 e. The molecule has 1 saturated carbocycles. The fourth-order valence-corrected chi connectivity index (χ4v) is 5.39. The normalized spacial score (nSPS) is 14.4. The number of carbonyl (C=O) groups excluding carboxylic acids is 1. The number of rotatable bonds is 11. The Morgan fingerprint density at radius 2 is 1.96 bits per heavy atom. The van der Waals surface area contributed by atoms with E-state index < -0.39 is 10.0 Å². The van der Waals surface area contributed by atoms with Gasteiger partial charge in [-0.2, -0.15) is 4.31 Å². The van der Waals surface area contributed by atoms with Gasteiger partial charge < -0.3 is 10.6 Å². The number of nitrogens with zero attached hydrogens (tertiary/aromatic N) is 1. The fraction of sp³-hybridized carbons (Fsp3) is 0.688. The number of thiophene rings is 1. The zero-order valence-corrected chi connectivity index (χ0v) is 17.2. The molecule has 0 saturated heterocycles. The number of sulfonamides is 1. The van der Waals surface area contributed by atoms with Crippen molar-refractivity contribution in [2.45, 2.75) is 37.3 Å². The molecule has 2 rings (SSSR count). The number of amides is 1. The van der Waals surface area contributed by atoms with Crippen molar-refractivity contribution in [2.24, 2.45) is 5.92 Å². The van der Waals surface area contributed by atoms with Crippen LogP contribution in [0.25, 0.3) is 0 Å². The van der Waals surface area contributed by atoms with E-state index in [1.54, 1.807) is 6.07 Å². The van der Waals surface area contributed by atoms with Gasteiger partial charge in [0.15, 0.2) is 0 Å². The van der Waals surface area contributed by atoms with Crippen LogP contribution in [-0.4, -0.2) is 51.4 Å². The number of carbonyl (C=O) groups is 1. The topological polar surface area (TPSA) is 78.5 Å². The summed E-state index contributed by atoms with van der Waals surface area (Å²) >= 11 is 1.28. The average Bonchev–Trinajstić information content (AvgIpc) is 3.23. The molecule has 1 heterocycles. The molecule has 9 heteroatoms. The monoisotopic (exact) mass is 409 g/mol. The van der Waals surface area contributed by atoms with Crippen LogP contribution in [0.15, 0.2) is 16.3 Å². The van der Waals surface area contributed by atoms with Gasteiger partial charge in [-0.1, -0.05) is 13.8 Å². The van der Waals surface area contributed by atoms with Gasteiger partial charge in [0.2, 0.25) is 5.91 Å². The van der Waals surface area contributed by atoms with E-state index in [9.17, 15) is 13.2 Å². The van der Waals surface area contributed by atoms with Gasteiger partial charge in [-0.15, -0.1) is 23.7 Å². The molecular formula is C16H28ClN3O3S2. The number of hydrogen-bond acceptors (Lipinski definition) is 5. The number of nitrogens with one attached hydrogen (secondary N) is 2. The third kappa shape index (κ3) is 6.86. The second-order valence-corrected chi connectivity index (χ2v) is 9.32. The molecule has 6 nitrogen and oxygen atoms in total. The lowest BCUT2D eigenvalue weighted by molar-refractivity contribution is -0.120. The van der Waals surface area contributed by atoms with E-state index in [1.165, 1.54) is 28.5 Å². The molecule has 1 aliphatic carbocycles. The minimum absolute atomic E-state index is 0. The van der Waals surface area contributed by atoms with Crippen LogP contribution < -0.4 is 10.6 Å². The van der Waals surface area contributed by atoms with Crippen LogP contribution >= 0.6 is 23.7 Å². The molecule has 0 radical (unpaired) electrons. The van der Waals surface area contributed by atoms with Crippen LogP contribution in [0.5, 0.6) is 0 Å². The number of halogens is 1. The van der Waals surface area contributed by atoms with E-state index in [2.05, 4.69) is 10.6 Å². The standard InChI is InChI=1S/C16H27N3O3S2.ClH/c1-3-19(4-2)24(21,22)16-8-7-14(23-16)9-10-18-15(20)12-17-11-13-5-6-13;/h7-8,13,17H,3-6,9-12H2,1-2H3,(H,18,20);1H. The highest BCUT2D eigenvalue weighted by molar-refractivity contribution is 7.91. The summed E-state index contributed by atoms with van der Waals surface area (Å²) in [6.45, 7) is 6.40. The highest BCUT2D eigenvalue weighted by Gasteiger charge is 2.23. The van der Waals surface area contributed by atoms with E-state index >= 15 is 0 Å². The largest absolute Gasteiger partial charge is 0.355 e. The van der Waals surface area contributed by atoms with Crippen molar-refractivity contribution in [3.8, 4) is 0 Å². The summed E-state index contributed by atoms with van der Waals surface area (Å²) in [6.07, 6.45) is 3.18. The van der Waals surface area contributed by atoms with Gasteiger partial charge in [0.1, 0.15) is 4.21 Å². The summed E-state index contributed by atoms with van der Waals surface area (Å²) in [6, 6.07) is 3.49. The average molecular weight is 410 g/mol. The van der Waals surface area contributed by atoms with E-state index in [1.807, 2.05) is 19.9 Å². The Hall–Kier alpha value is -0.670. The van der Waals surface area contributed by atoms with Crippen molar-refractivity contribution < 1.29 is 13.2 Å². The Morgan fingerprint density at radius 3 is 2.56 bits per heavy atom. The molecule has 1 aromatic heterocycles. The predicted octanol–water partition coefficient (Wildman–Crippen LogP) is 1.86. The summed E-state index contributed by atoms with van der Waals surface area (Å²) in [7, 11) is -3.38. The molecule has 25 heavy (non-hydrogen) atoms. The van der Waals surface area contributed by atoms with Gasteiger partial charge in [-0.3, -0.25) is 4.79 Å². The summed E-state index contributed by atoms with van der Waals surface area (Å²) in [5, 5.41) is 6.01. The maximum atomic E-state index is 12.4. The van der Waals surface area contributed by atoms with Crippen molar-refractivity contribution in [2.75, 3.05) is 32.7 Å². The summed E-state index contributed by atoms with van der Waals surface area (Å²) in [4.78, 5) is 12.7. The van der Waals surface area contributed by atoms with Gasteiger partial charge >= 0.3 is 0 Å². The second kappa shape index (κ2) is 10.5. The van der Waals surface area contributed by atoms with E-state index in [-0.39, 0.29) is 18.3 Å². The summed E-state index contributed by atoms with van der Waals surface area (Å²) in [5.74, 6) is 0.748. The molecule has 1 amide bonds. The molecule has 0 unspecified atom stereocenters. The Balaban J connectivity index is 0.00000312. The Bertz CT molecular complexity index is 641. The zero-order chi connectivity index (χ0) is 17.6. The second-order valence-electron chi connectivity index (χ2n) is 5.98. The molecule has 1 aromatic rings. The molecule has 0 spiro atoms. The lowest BCUT2D eigenvalue weighted by Gasteiger charge is -2.16. The smallest absolute Gasteiger partial charge is 0.252 e. The molecule has 0 bridgehead atoms. The van der Waals surface area contributed by atoms with Crippen LogP contribution in [0.3, 0.4) is 0 Å². The lowest BCUT2D eigenvalue weighted by atomic mass is 10.3. The van der Waals surface area contributed by atoms with E-state index in [0.717, 1.165) is 17.3 Å². The van der Waals surface area contributed by atoms with Crippen LogP contribution in [0.4, 0.5) is 0 Å². The highest BCUT2D eigenvalue weighted by atomic mass is 35.5. The summed E-state index contributed by atoms with van der Waals surface area (Å²) < 4.78 is 26.7. The molecular weight excluding hydrogens is 382 g/mol. The summed E-state index contributed by atoms with van der Waals surface area (Å²) in [5.41, 5.74) is 0. The van der Waals surface area contributed by atoms with Gasteiger partial charge in [-0.25, -0.2) is 8.42 Å². The molecule has 0 aromatic carbocycles. The first-order chi connectivity index (χ1) is 11.5. The minimum atomic E-state index is -3.38. The van der Waals surface area contributed by atoms with Crippen molar-refractivity contribution in [1.29, 1.82) is 0 Å². The van der Waals surface area contributed by atoms with Crippen molar-refractivity contribution >= 4 is 39.7 Å². The zero-order valence-electron chi connectivity index (χ0n) is 14.8. The van der Waals surface area contributed by atoms with E-state index in [0.29, 0.717) is 36.8 Å². The first-order valence-electron chi connectivity index (χ1n) is 8.53. The first-order valence-corrected chi connectivity index (χ1v) is 10.8.